The van der Waals surface area contributed by atoms with Crippen LogP contribution in [0.3, 0.4) is 0 Å². The first-order valence-electron chi connectivity index (χ1n) is 19.8. The highest BCUT2D eigenvalue weighted by Crippen LogP contribution is 2.64. The Morgan fingerprint density at radius 1 is 0.662 bits per heavy atom. The molecule has 0 spiro atoms. The summed E-state index contributed by atoms with van der Waals surface area (Å²) in [4.78, 5) is 56.3. The minimum Gasteiger partial charge on any atom is -0.496 e. The van der Waals surface area contributed by atoms with E-state index in [4.69, 9.17) is 14.2 Å². The summed E-state index contributed by atoms with van der Waals surface area (Å²) in [6.07, 6.45) is -12.5. The molecule has 4 aromatic carbocycles. The van der Waals surface area contributed by atoms with Gasteiger partial charge in [-0.25, -0.2) is 4.90 Å². The minimum atomic E-state index is -8.76. The standard InChI is InChI=1S/C43H32F17N3O8/c1-69-31-20-24(71-18-10-17-36(44,45)37(46,47)38(48,49)39(50,51)40(52,53)41(54,55)42(56,57)43(58,59)60)21-32(70-2)27(31)22-61-30(19-23-11-4-3-5-12-23)35(66)62(28-15-8-6-13-25(28)33(61)64)34(65)26-14-7-9-16-29(26)63(67)68/h3-9,11-16,20-21,30H,10,17-19,22H2,1-2H3. The van der Waals surface area contributed by atoms with Crippen LogP contribution in [0.1, 0.15) is 44.7 Å². The number of alkyl halides is 17. The molecule has 386 valence electrons. The lowest BCUT2D eigenvalue weighted by molar-refractivity contribution is -0.461. The van der Waals surface area contributed by atoms with Crippen LogP contribution in [0.5, 0.6) is 17.2 Å². The second-order valence-corrected chi connectivity index (χ2v) is 15.3. The van der Waals surface area contributed by atoms with Crippen molar-refractivity contribution in [1.82, 2.24) is 4.90 Å². The molecule has 0 fully saturated rings. The molecule has 0 aliphatic carbocycles. The molecule has 0 N–H and O–H groups in total. The molecule has 4 aromatic rings. The largest absolute Gasteiger partial charge is 0.496 e. The number of anilines is 1. The summed E-state index contributed by atoms with van der Waals surface area (Å²) < 4.78 is 250. The SMILES string of the molecule is COc1cc(OCCCC(F)(F)C(F)(F)C(F)(F)C(F)(F)C(F)(F)C(F)(F)C(F)(F)C(F)(F)F)cc(OC)c1CN1C(=O)c2ccccc2N(C(=O)c2ccccc2[N+](=O)[O-])C(=O)C1Cc1ccccc1. The Hall–Kier alpha value is -6.90. The maximum atomic E-state index is 14.8. The fourth-order valence-corrected chi connectivity index (χ4v) is 7.11. The number of amides is 3. The zero-order valence-electron chi connectivity index (χ0n) is 35.8. The van der Waals surface area contributed by atoms with Gasteiger partial charge in [0.25, 0.3) is 23.4 Å². The summed E-state index contributed by atoms with van der Waals surface area (Å²) in [5.41, 5.74) is -1.43. The number of nitro benzene ring substituents is 1. The topological polar surface area (TPSA) is 129 Å². The molecule has 0 aromatic heterocycles. The summed E-state index contributed by atoms with van der Waals surface area (Å²) in [6, 6.07) is 18.0. The van der Waals surface area contributed by atoms with Gasteiger partial charge in [-0.15, -0.1) is 0 Å². The predicted octanol–water partition coefficient (Wildman–Crippen LogP) is 11.2. The predicted molar refractivity (Wildman–Crippen MR) is 210 cm³/mol. The number of rotatable bonds is 19. The molecule has 0 saturated heterocycles. The first kappa shape index (κ1) is 55.0. The Kier molecular flexibility index (Phi) is 15.0. The summed E-state index contributed by atoms with van der Waals surface area (Å²) in [5.74, 6) is -61.7. The number of para-hydroxylation sites is 2. The number of benzene rings is 4. The molecule has 0 saturated carbocycles. The molecule has 0 bridgehead atoms. The Balaban J connectivity index is 1.44. The molecule has 1 atom stereocenters. The number of halogens is 17. The summed E-state index contributed by atoms with van der Waals surface area (Å²) in [6.45, 7) is -1.96. The monoisotopic (exact) mass is 1040 g/mol. The lowest BCUT2D eigenvalue weighted by atomic mass is 9.88. The third-order valence-electron chi connectivity index (χ3n) is 10.9. The van der Waals surface area contributed by atoms with Crippen LogP contribution >= 0.6 is 0 Å². The van der Waals surface area contributed by atoms with Crippen molar-refractivity contribution in [1.29, 1.82) is 0 Å². The van der Waals surface area contributed by atoms with Gasteiger partial charge in [0.05, 0.1) is 49.1 Å². The molecular formula is C43H32F17N3O8. The van der Waals surface area contributed by atoms with Gasteiger partial charge in [-0.05, 0) is 30.2 Å². The third kappa shape index (κ3) is 9.42. The van der Waals surface area contributed by atoms with Gasteiger partial charge in [-0.1, -0.05) is 54.6 Å². The van der Waals surface area contributed by atoms with Gasteiger partial charge in [0, 0.05) is 31.0 Å². The first-order chi connectivity index (χ1) is 32.7. The average Bonchev–Trinajstić information content (AvgIpc) is 3.38. The Morgan fingerprint density at radius 3 is 1.69 bits per heavy atom. The van der Waals surface area contributed by atoms with Gasteiger partial charge < -0.3 is 19.1 Å². The molecule has 1 heterocycles. The van der Waals surface area contributed by atoms with E-state index in [0.717, 1.165) is 43.4 Å². The van der Waals surface area contributed by atoms with Gasteiger partial charge in [0.2, 0.25) is 0 Å². The quantitative estimate of drug-likeness (QED) is 0.0299. The van der Waals surface area contributed by atoms with Crippen molar-refractivity contribution in [2.75, 3.05) is 25.7 Å². The van der Waals surface area contributed by atoms with Crippen molar-refractivity contribution in [3.63, 3.8) is 0 Å². The molecule has 1 aliphatic rings. The highest BCUT2D eigenvalue weighted by molar-refractivity contribution is 6.27. The number of methoxy groups -OCH3 is 2. The molecule has 0 radical (unpaired) electrons. The number of nitrogens with zero attached hydrogens (tertiary/aromatic N) is 3. The van der Waals surface area contributed by atoms with Crippen molar-refractivity contribution in [2.45, 2.75) is 79.5 Å². The average molecular weight is 1040 g/mol. The van der Waals surface area contributed by atoms with Crippen LogP contribution in [0, 0.1) is 10.1 Å². The fourth-order valence-electron chi connectivity index (χ4n) is 7.11. The lowest BCUT2D eigenvalue weighted by Crippen LogP contribution is -2.74. The second kappa shape index (κ2) is 19.4. The normalized spacial score (nSPS) is 15.6. The lowest BCUT2D eigenvalue weighted by Gasteiger charge is -2.42. The first-order valence-corrected chi connectivity index (χ1v) is 19.8. The van der Waals surface area contributed by atoms with Gasteiger partial charge >= 0.3 is 47.6 Å². The fraction of sp³-hybridized carbons (Fsp3) is 0.372. The van der Waals surface area contributed by atoms with Crippen LogP contribution in [0.15, 0.2) is 91.0 Å². The molecule has 71 heavy (non-hydrogen) atoms. The smallest absolute Gasteiger partial charge is 0.460 e. The molecule has 3 amide bonds. The van der Waals surface area contributed by atoms with Crippen LogP contribution in [-0.4, -0.2) is 102 Å². The third-order valence-corrected chi connectivity index (χ3v) is 10.9. The van der Waals surface area contributed by atoms with Crippen molar-refractivity contribution < 1.29 is 108 Å². The van der Waals surface area contributed by atoms with Crippen LogP contribution in [-0.2, 0) is 17.8 Å². The van der Waals surface area contributed by atoms with E-state index < -0.39 is 119 Å². The van der Waals surface area contributed by atoms with E-state index in [1.807, 2.05) is 0 Å². The van der Waals surface area contributed by atoms with E-state index in [0.29, 0.717) is 10.5 Å². The van der Waals surface area contributed by atoms with E-state index in [9.17, 15) is 99.1 Å². The number of hydrogen-bond acceptors (Lipinski definition) is 8. The van der Waals surface area contributed by atoms with E-state index >= 15 is 0 Å². The number of ether oxygens (including phenoxy) is 3. The van der Waals surface area contributed by atoms with E-state index in [1.165, 1.54) is 36.4 Å². The molecule has 11 nitrogen and oxygen atoms in total. The van der Waals surface area contributed by atoms with Gasteiger partial charge in [-0.3, -0.25) is 24.5 Å². The molecular weight excluding hydrogens is 1010 g/mol. The maximum absolute atomic E-state index is 14.8. The number of hydrogen-bond donors (Lipinski definition) is 0. The number of carbonyl (C=O) groups excluding carboxylic acids is 3. The van der Waals surface area contributed by atoms with Crippen molar-refractivity contribution in [3.8, 4) is 17.2 Å². The van der Waals surface area contributed by atoms with Crippen LogP contribution in [0.4, 0.5) is 86.0 Å². The van der Waals surface area contributed by atoms with Crippen molar-refractivity contribution in [3.05, 3.63) is 123 Å². The summed E-state index contributed by atoms with van der Waals surface area (Å²) >= 11 is 0. The van der Waals surface area contributed by atoms with E-state index in [2.05, 4.69) is 0 Å². The highest BCUT2D eigenvalue weighted by Gasteiger charge is 2.95. The van der Waals surface area contributed by atoms with E-state index in [-0.39, 0.29) is 34.7 Å². The second-order valence-electron chi connectivity index (χ2n) is 15.3. The molecule has 1 aliphatic heterocycles. The van der Waals surface area contributed by atoms with Gasteiger partial charge in [0.15, 0.2) is 0 Å². The molecule has 5 rings (SSSR count). The zero-order valence-corrected chi connectivity index (χ0v) is 35.8. The highest BCUT2D eigenvalue weighted by atomic mass is 19.4. The maximum Gasteiger partial charge on any atom is 0.460 e. The summed E-state index contributed by atoms with van der Waals surface area (Å²) in [7, 11) is 2.03. The molecule has 1 unspecified atom stereocenters. The zero-order chi connectivity index (χ0) is 53.5. The Labute approximate surface area is 387 Å². The van der Waals surface area contributed by atoms with E-state index in [1.54, 1.807) is 30.3 Å². The Bertz CT molecular complexity index is 2630. The van der Waals surface area contributed by atoms with Gasteiger partial charge in [-0.2, -0.15) is 74.6 Å². The number of carbonyl (C=O) groups is 3. The van der Waals surface area contributed by atoms with Crippen molar-refractivity contribution >= 4 is 29.1 Å². The van der Waals surface area contributed by atoms with Crippen LogP contribution in [0.2, 0.25) is 0 Å². The minimum absolute atomic E-state index is 0.109. The molecule has 28 heteroatoms. The number of fused-ring (bicyclic) bond motifs is 1. The number of nitro groups is 1. The Morgan fingerprint density at radius 2 is 1.15 bits per heavy atom. The van der Waals surface area contributed by atoms with Gasteiger partial charge in [0.1, 0.15) is 28.9 Å². The van der Waals surface area contributed by atoms with Crippen molar-refractivity contribution in [2.24, 2.45) is 0 Å². The summed E-state index contributed by atoms with van der Waals surface area (Å²) in [5, 5.41) is 11.9. The number of imide groups is 1. The van der Waals surface area contributed by atoms with Crippen LogP contribution in [0.25, 0.3) is 0 Å². The van der Waals surface area contributed by atoms with Crippen LogP contribution < -0.4 is 19.1 Å².